The van der Waals surface area contributed by atoms with Crippen LogP contribution in [0.1, 0.15) is 132 Å². The van der Waals surface area contributed by atoms with E-state index in [9.17, 15) is 27.6 Å². The number of carbonyl (C=O) groups is 5. The van der Waals surface area contributed by atoms with Crippen LogP contribution in [-0.4, -0.2) is 96.2 Å². The van der Waals surface area contributed by atoms with Crippen LogP contribution in [0.25, 0.3) is 0 Å². The van der Waals surface area contributed by atoms with Crippen molar-refractivity contribution >= 4 is 39.9 Å². The summed E-state index contributed by atoms with van der Waals surface area (Å²) in [7, 11) is -4.11. The molecule has 0 radical (unpaired) electrons. The molecule has 2 heterocycles. The number of ether oxygens (including phenoxy) is 1. The van der Waals surface area contributed by atoms with E-state index in [-0.39, 0.29) is 28.6 Å². The molecule has 14 nitrogen and oxygen atoms in total. The minimum Gasteiger partial charge on any atom is -0.444 e. The number of rotatable bonds is 11. The van der Waals surface area contributed by atoms with Crippen LogP contribution < -0.4 is 20.7 Å². The number of likely N-dealkylation sites (tertiary alicyclic amines) is 1. The predicted molar refractivity (Wildman–Crippen MR) is 211 cm³/mol. The predicted octanol–water partition coefficient (Wildman–Crippen LogP) is 4.31. The van der Waals surface area contributed by atoms with Gasteiger partial charge in [0.05, 0.1) is 0 Å². The quantitative estimate of drug-likeness (QED) is 0.223. The van der Waals surface area contributed by atoms with Gasteiger partial charge in [-0.15, -0.1) is 6.58 Å². The van der Waals surface area contributed by atoms with E-state index in [0.717, 1.165) is 51.4 Å². The summed E-state index contributed by atoms with van der Waals surface area (Å²) in [6.07, 6.45) is 10.3. The highest BCUT2D eigenvalue weighted by molar-refractivity contribution is 7.87. The Morgan fingerprint density at radius 3 is 1.98 bits per heavy atom. The minimum atomic E-state index is -4.11. The van der Waals surface area contributed by atoms with Gasteiger partial charge in [0.15, 0.2) is 0 Å². The maximum atomic E-state index is 15.1. The largest absolute Gasteiger partial charge is 0.444 e. The average Bonchev–Trinajstić information content (AvgIpc) is 3.54. The topological polar surface area (TPSA) is 183 Å². The highest BCUT2D eigenvalue weighted by atomic mass is 32.2. The fraction of sp³-hybridized carbons (Fsp3) is 0.829. The van der Waals surface area contributed by atoms with Crippen LogP contribution in [0, 0.1) is 33.5 Å². The zero-order chi connectivity index (χ0) is 41.3. The molecule has 56 heavy (non-hydrogen) atoms. The monoisotopic (exact) mass is 802 g/mol. The zero-order valence-corrected chi connectivity index (χ0v) is 35.7. The maximum absolute atomic E-state index is 15.1. The summed E-state index contributed by atoms with van der Waals surface area (Å²) in [5.74, 6) is -2.87. The molecule has 4 aliphatic carbocycles. The van der Waals surface area contributed by atoms with Gasteiger partial charge < -0.3 is 25.6 Å². The Hall–Kier alpha value is -3.20. The van der Waals surface area contributed by atoms with Crippen molar-refractivity contribution < 1.29 is 37.1 Å². The lowest BCUT2D eigenvalue weighted by atomic mass is 9.73. The van der Waals surface area contributed by atoms with Gasteiger partial charge in [0, 0.05) is 31.0 Å². The van der Waals surface area contributed by atoms with Crippen LogP contribution in [0.4, 0.5) is 4.79 Å². The number of amides is 5. The molecule has 6 rings (SSSR count). The summed E-state index contributed by atoms with van der Waals surface area (Å²) in [5.41, 5.74) is -3.62. The standard InChI is InChI=1S/C41H66N6O8S/c1-10-27-23-41(27,34(51)45-56(53,54)46-21-14-15-22-46)44-31(48)28-24-40(38(8,9)39(40)19-16-20-39)25-47(28)33(50)30(36(2,3)4)43-32(49)29(26-17-12-11-13-18-26)42-35(52)55-37(5,6)7/h10,26-30H,1,11-25H2,2-9H3,(H,42,52)(H,43,49)(H,44,48)(H,45,51)/t27-,28+,29+,30-,40-,41-/m1/s1. The first-order chi connectivity index (χ1) is 26.0. The first-order valence-corrected chi connectivity index (χ1v) is 22.3. The van der Waals surface area contributed by atoms with Crippen LogP contribution >= 0.6 is 0 Å². The molecule has 5 amide bonds. The van der Waals surface area contributed by atoms with E-state index in [0.29, 0.717) is 38.9 Å². The lowest BCUT2D eigenvalue weighted by Gasteiger charge is -2.38. The van der Waals surface area contributed by atoms with E-state index in [1.807, 2.05) is 20.8 Å². The maximum Gasteiger partial charge on any atom is 0.408 e. The summed E-state index contributed by atoms with van der Waals surface area (Å²) in [5, 5.41) is 8.81. The highest BCUT2D eigenvalue weighted by Crippen LogP contribution is 2.88. The van der Waals surface area contributed by atoms with E-state index in [2.05, 4.69) is 41.1 Å². The van der Waals surface area contributed by atoms with Crippen LogP contribution in [0.2, 0.25) is 0 Å². The Morgan fingerprint density at radius 2 is 1.48 bits per heavy atom. The van der Waals surface area contributed by atoms with Crippen molar-refractivity contribution in [3.8, 4) is 0 Å². The van der Waals surface area contributed by atoms with Crippen molar-refractivity contribution in [2.75, 3.05) is 19.6 Å². The normalized spacial score (nSPS) is 30.8. The van der Waals surface area contributed by atoms with Crippen LogP contribution in [0.3, 0.4) is 0 Å². The Morgan fingerprint density at radius 1 is 0.857 bits per heavy atom. The first-order valence-electron chi connectivity index (χ1n) is 20.8. The molecule has 6 aliphatic rings. The Balaban J connectivity index is 1.28. The number of nitrogens with zero attached hydrogens (tertiary/aromatic N) is 2. The minimum absolute atomic E-state index is 0.0282. The molecule has 2 aliphatic heterocycles. The summed E-state index contributed by atoms with van der Waals surface area (Å²) < 4.78 is 35.3. The number of fused-ring (bicyclic) bond motifs is 1. The Kier molecular flexibility index (Phi) is 11.0. The Labute approximate surface area is 333 Å². The average molecular weight is 803 g/mol. The van der Waals surface area contributed by atoms with Gasteiger partial charge in [-0.05, 0) is 94.3 Å². The van der Waals surface area contributed by atoms with Crippen LogP contribution in [0.5, 0.6) is 0 Å². The molecule has 6 atom stereocenters. The smallest absolute Gasteiger partial charge is 0.408 e. The van der Waals surface area contributed by atoms with E-state index in [1.165, 1.54) is 4.31 Å². The summed E-state index contributed by atoms with van der Waals surface area (Å²) in [4.78, 5) is 72.6. The molecule has 4 saturated carbocycles. The second-order valence-electron chi connectivity index (χ2n) is 20.2. The second-order valence-corrected chi connectivity index (χ2v) is 21.9. The van der Waals surface area contributed by atoms with Crippen molar-refractivity contribution in [1.82, 2.24) is 29.9 Å². The third-order valence-corrected chi connectivity index (χ3v) is 16.0. The van der Waals surface area contributed by atoms with E-state index < -0.39 is 80.5 Å². The fourth-order valence-corrected chi connectivity index (χ4v) is 12.2. The van der Waals surface area contributed by atoms with Crippen molar-refractivity contribution in [3.05, 3.63) is 12.7 Å². The molecule has 2 saturated heterocycles. The summed E-state index contributed by atoms with van der Waals surface area (Å²) in [6.45, 7) is 20.1. The summed E-state index contributed by atoms with van der Waals surface area (Å²) in [6, 6.07) is -2.95. The molecule has 0 aromatic heterocycles. The number of hydrogen-bond donors (Lipinski definition) is 4. The molecule has 0 bridgehead atoms. The summed E-state index contributed by atoms with van der Waals surface area (Å²) >= 11 is 0. The molecule has 0 aromatic carbocycles. The van der Waals surface area contributed by atoms with Crippen molar-refractivity contribution in [3.63, 3.8) is 0 Å². The number of carbonyl (C=O) groups excluding carboxylic acids is 5. The fourth-order valence-electron chi connectivity index (χ4n) is 10.9. The van der Waals surface area contributed by atoms with Crippen molar-refractivity contribution in [2.24, 2.45) is 33.5 Å². The number of alkyl carbamates (subject to hydrolysis) is 1. The van der Waals surface area contributed by atoms with Gasteiger partial charge in [-0.25, -0.2) is 9.52 Å². The first kappa shape index (κ1) is 42.4. The molecule has 314 valence electrons. The number of nitrogens with one attached hydrogen (secondary N) is 4. The van der Waals surface area contributed by atoms with E-state index in [4.69, 9.17) is 4.74 Å². The third-order valence-electron chi connectivity index (χ3n) is 14.6. The molecule has 2 spiro atoms. The third kappa shape index (κ3) is 7.36. The molecule has 0 unspecified atom stereocenters. The molecule has 6 fully saturated rings. The van der Waals surface area contributed by atoms with Gasteiger partial charge in [-0.3, -0.25) is 19.2 Å². The van der Waals surface area contributed by atoms with E-state index in [1.54, 1.807) is 31.7 Å². The lowest BCUT2D eigenvalue weighted by Crippen LogP contribution is -2.62. The molecule has 0 aromatic rings. The van der Waals surface area contributed by atoms with E-state index >= 15 is 4.79 Å². The molecule has 4 N–H and O–H groups in total. The van der Waals surface area contributed by atoms with Crippen LogP contribution in [0.15, 0.2) is 12.7 Å². The van der Waals surface area contributed by atoms with Crippen LogP contribution in [-0.2, 0) is 34.1 Å². The van der Waals surface area contributed by atoms with Crippen molar-refractivity contribution in [1.29, 1.82) is 0 Å². The van der Waals surface area contributed by atoms with Gasteiger partial charge >= 0.3 is 16.3 Å². The van der Waals surface area contributed by atoms with Gasteiger partial charge in [0.2, 0.25) is 17.7 Å². The molecule has 15 heteroatoms. The highest BCUT2D eigenvalue weighted by Gasteiger charge is 2.85. The lowest BCUT2D eigenvalue weighted by molar-refractivity contribution is -0.145. The SMILES string of the molecule is C=C[C@@H]1C[C@]1(NC(=O)[C@@H]1C[C@@]2(CN1C(=O)[C@@H](NC(=O)[C@@H](NC(=O)OC(C)(C)C)C1CCCCC1)C(C)(C)C)C(C)(C)C21CCC1)C(=O)NS(=O)(=O)N1CCCC1. The molecular weight excluding hydrogens is 737 g/mol. The number of hydrogen-bond acceptors (Lipinski definition) is 8. The Bertz CT molecular complexity index is 1720. The van der Waals surface area contributed by atoms with Crippen molar-refractivity contribution in [2.45, 2.75) is 162 Å². The second kappa shape index (κ2) is 14.6. The van der Waals surface area contributed by atoms with Gasteiger partial charge in [0.25, 0.3) is 5.91 Å². The van der Waals surface area contributed by atoms with Gasteiger partial charge in [-0.1, -0.05) is 66.4 Å². The zero-order valence-electron chi connectivity index (χ0n) is 34.8. The van der Waals surface area contributed by atoms with Gasteiger partial charge in [-0.2, -0.15) is 12.7 Å². The van der Waals surface area contributed by atoms with Gasteiger partial charge in [0.1, 0.15) is 29.3 Å². The molecular formula is C41H66N6O8S.